The molecule has 0 aromatic carbocycles. The van der Waals surface area contributed by atoms with E-state index < -0.39 is 0 Å². The second-order valence-electron chi connectivity index (χ2n) is 0. The first-order chi connectivity index (χ1) is 0. The summed E-state index contributed by atoms with van der Waals surface area (Å²) in [6, 6.07) is 0. The predicted octanol–water partition coefficient (Wildman–Crippen LogP) is -3.70. The van der Waals surface area contributed by atoms with Crippen molar-refractivity contribution in [2.45, 2.75) is 0 Å². The summed E-state index contributed by atoms with van der Waals surface area (Å²) in [4.78, 5) is 0. The molecule has 7 heavy (non-hydrogen) atoms. The van der Waals surface area contributed by atoms with Crippen LogP contribution < -0.4 is 0 Å². The topological polar surface area (TPSA) is 158 Å². The normalized spacial score (nSPS) is 0. The Hall–Kier alpha value is 0.596. The summed E-state index contributed by atoms with van der Waals surface area (Å²) in [6.07, 6.45) is 0. The van der Waals surface area contributed by atoms with Crippen molar-refractivity contribution in [2.75, 3.05) is 0 Å². The van der Waals surface area contributed by atoms with Crippen molar-refractivity contribution in [3.05, 3.63) is 0 Å². The molecule has 0 fully saturated rings. The van der Waals surface area contributed by atoms with Gasteiger partial charge in [-0.2, -0.15) is 0 Å². The molecule has 57 valence electrons. The molecule has 0 spiro atoms. The second kappa shape index (κ2) is 581. The molecule has 0 saturated carbocycles. The van der Waals surface area contributed by atoms with Crippen LogP contribution in [0.15, 0.2) is 0 Å². The maximum absolute atomic E-state index is 0. The summed E-state index contributed by atoms with van der Waals surface area (Å²) in [6.45, 7) is 0. The van der Waals surface area contributed by atoms with Gasteiger partial charge in [-0.3, -0.25) is 0 Å². The minimum atomic E-state index is 0. The van der Waals surface area contributed by atoms with Crippen molar-refractivity contribution in [2.24, 2.45) is 0 Å². The Morgan fingerprint density at radius 3 is 0.429 bits per heavy atom. The molecule has 0 aromatic rings. The third-order valence-electron chi connectivity index (χ3n) is 0. The molecule has 0 bridgehead atoms. The van der Waals surface area contributed by atoms with Crippen LogP contribution in [0.4, 0.5) is 0 Å². The quantitative estimate of drug-likeness (QED) is 0.364. The zero-order valence-corrected chi connectivity index (χ0v) is 5.10. The Balaban J connectivity index is 0. The third-order valence-corrected chi connectivity index (χ3v) is 0. The first kappa shape index (κ1) is 929. The van der Waals surface area contributed by atoms with Gasteiger partial charge in [-0.05, 0) is 0 Å². The third kappa shape index (κ3) is 392. The maximum Gasteiger partial charge on any atom is 0 e. The molecule has 0 amide bonds. The zero-order valence-electron chi connectivity index (χ0n) is 3.24. The van der Waals surface area contributed by atoms with Gasteiger partial charge in [-0.15, -0.1) is 12.4 Å². The summed E-state index contributed by atoms with van der Waals surface area (Å²) in [5, 5.41) is 0. The van der Waals surface area contributed by atoms with E-state index in [9.17, 15) is 0 Å². The van der Waals surface area contributed by atoms with Gasteiger partial charge in [0, 0.05) is 16.8 Å². The Morgan fingerprint density at radius 1 is 0.429 bits per heavy atom. The van der Waals surface area contributed by atoms with Crippen molar-refractivity contribution < 1.29 is 44.2 Å². The molecule has 0 unspecified atom stereocenters. The Morgan fingerprint density at radius 2 is 0.429 bits per heavy atom. The fourth-order valence-corrected chi connectivity index (χ4v) is 0. The smallest absolute Gasteiger partial charge is 0 e. The molecule has 7 heteroatoms. The van der Waals surface area contributed by atoms with Crippen LogP contribution in [0.5, 0.6) is 0 Å². The summed E-state index contributed by atoms with van der Waals surface area (Å²) < 4.78 is 0. The molecular weight excluding hydrogens is 174 g/mol. The van der Waals surface area contributed by atoms with Gasteiger partial charge >= 0.3 is 0 Å². The molecule has 0 heterocycles. The van der Waals surface area contributed by atoms with E-state index in [1.807, 2.05) is 0 Å². The van der Waals surface area contributed by atoms with E-state index >= 15 is 0 Å². The maximum atomic E-state index is 0. The van der Waals surface area contributed by atoms with Crippen molar-refractivity contribution in [3.63, 3.8) is 0 Å². The summed E-state index contributed by atoms with van der Waals surface area (Å²) in [7, 11) is 0. The zero-order chi connectivity index (χ0) is 0. The fourth-order valence-electron chi connectivity index (χ4n) is 0. The Labute approximate surface area is 57.2 Å². The molecule has 10 N–H and O–H groups in total. The van der Waals surface area contributed by atoms with Crippen LogP contribution >= 0.6 is 12.4 Å². The molecule has 0 aliphatic carbocycles. The Kier molecular flexibility index (Phi) is 77100. The van der Waals surface area contributed by atoms with Gasteiger partial charge in [0.15, 0.2) is 0 Å². The van der Waals surface area contributed by atoms with E-state index in [1.165, 1.54) is 0 Å². The van der Waals surface area contributed by atoms with E-state index in [0.29, 0.717) is 0 Å². The number of hydrogen-bond donors (Lipinski definition) is 0. The molecular formula is H11ClCoO5. The van der Waals surface area contributed by atoms with E-state index in [-0.39, 0.29) is 56.6 Å². The largest absolute Gasteiger partial charge is 0.412 e. The van der Waals surface area contributed by atoms with Crippen LogP contribution in [-0.2, 0) is 16.8 Å². The average Bonchev–Trinajstić information content (AvgIpc) is 0. The standard InChI is InChI=1S/ClH.Co.5H2O/h1H;;5*1H2. The van der Waals surface area contributed by atoms with Crippen molar-refractivity contribution in [1.29, 1.82) is 0 Å². The van der Waals surface area contributed by atoms with Gasteiger partial charge in [0.2, 0.25) is 0 Å². The number of rotatable bonds is 0. The van der Waals surface area contributed by atoms with E-state index in [4.69, 9.17) is 0 Å². The molecule has 0 atom stereocenters. The van der Waals surface area contributed by atoms with Crippen molar-refractivity contribution >= 4 is 12.4 Å². The summed E-state index contributed by atoms with van der Waals surface area (Å²) in [5.74, 6) is 0. The van der Waals surface area contributed by atoms with Crippen molar-refractivity contribution in [1.82, 2.24) is 0 Å². The summed E-state index contributed by atoms with van der Waals surface area (Å²) in [5.41, 5.74) is 0. The second-order valence-corrected chi connectivity index (χ2v) is 0. The SMILES string of the molecule is Cl.O.O.O.O.O.[Co]. The molecule has 0 saturated heterocycles. The summed E-state index contributed by atoms with van der Waals surface area (Å²) >= 11 is 0. The van der Waals surface area contributed by atoms with Crippen LogP contribution in [-0.4, -0.2) is 27.4 Å². The van der Waals surface area contributed by atoms with Crippen LogP contribution in [0.3, 0.4) is 0 Å². The van der Waals surface area contributed by atoms with E-state index in [1.54, 1.807) is 0 Å². The fraction of sp³-hybridized carbons (Fsp3) is 0. The molecule has 0 rings (SSSR count). The number of hydrogen-bond acceptors (Lipinski definition) is 0. The van der Waals surface area contributed by atoms with Gasteiger partial charge in [0.1, 0.15) is 0 Å². The first-order valence-corrected chi connectivity index (χ1v) is 0. The number of halogens is 1. The van der Waals surface area contributed by atoms with E-state index in [2.05, 4.69) is 0 Å². The molecule has 0 aliphatic heterocycles. The monoisotopic (exact) mass is 185 g/mol. The molecule has 0 aliphatic rings. The van der Waals surface area contributed by atoms with Crippen LogP contribution in [0, 0.1) is 0 Å². The first-order valence-electron chi connectivity index (χ1n) is 0. The van der Waals surface area contributed by atoms with E-state index in [0.717, 1.165) is 0 Å². The minimum Gasteiger partial charge on any atom is -0.412 e. The minimum absolute atomic E-state index is 0. The van der Waals surface area contributed by atoms with Gasteiger partial charge in [0.05, 0.1) is 0 Å². The van der Waals surface area contributed by atoms with Gasteiger partial charge in [0.25, 0.3) is 0 Å². The van der Waals surface area contributed by atoms with Gasteiger partial charge in [-0.25, -0.2) is 0 Å². The molecule has 5 nitrogen and oxygen atoms in total. The van der Waals surface area contributed by atoms with Crippen LogP contribution in [0.25, 0.3) is 0 Å². The van der Waals surface area contributed by atoms with Crippen LogP contribution in [0.1, 0.15) is 0 Å². The average molecular weight is 185 g/mol. The van der Waals surface area contributed by atoms with Gasteiger partial charge in [-0.1, -0.05) is 0 Å². The predicted molar refractivity (Wildman–Crippen MR) is 25.3 cm³/mol. The van der Waals surface area contributed by atoms with Gasteiger partial charge < -0.3 is 27.4 Å². The Bertz CT molecular complexity index is 8.04. The molecule has 1 radical (unpaired) electrons. The van der Waals surface area contributed by atoms with Crippen LogP contribution in [0.2, 0.25) is 0 Å². The molecule has 0 aromatic heterocycles. The van der Waals surface area contributed by atoms with Crippen molar-refractivity contribution in [3.8, 4) is 0 Å².